The molecule has 0 amide bonds. The fourth-order valence-corrected chi connectivity index (χ4v) is 3.51. The number of phenolic OH excluding ortho intramolecular Hbond substituents is 3. The molecular weight excluding hydrogens is 440 g/mol. The molecule has 2 heterocycles. The molecule has 1 fully saturated rings. The molecule has 1 aliphatic rings. The number of fused-ring (bicyclic) bond motifs is 1. The van der Waals surface area contributed by atoms with E-state index in [1.54, 1.807) is 0 Å². The Labute approximate surface area is 187 Å². The number of methoxy groups -OCH3 is 2. The minimum atomic E-state index is -1.59. The van der Waals surface area contributed by atoms with Gasteiger partial charge in [0.1, 0.15) is 35.2 Å². The Bertz CT molecular complexity index is 1150. The second-order valence-corrected chi connectivity index (χ2v) is 7.41. The van der Waals surface area contributed by atoms with Crippen LogP contribution in [0.1, 0.15) is 0 Å². The monoisotopic (exact) mass is 463 g/mol. The lowest BCUT2D eigenvalue weighted by Gasteiger charge is -2.34. The van der Waals surface area contributed by atoms with Crippen molar-refractivity contribution in [1.82, 2.24) is 0 Å². The van der Waals surface area contributed by atoms with E-state index >= 15 is 0 Å². The molecule has 1 aromatic heterocycles. The molecule has 0 bridgehead atoms. The summed E-state index contributed by atoms with van der Waals surface area (Å²) in [5, 5.41) is 60.5. The molecule has 0 radical (unpaired) electrons. The molecule has 1 unspecified atom stereocenters. The van der Waals surface area contributed by atoms with Crippen molar-refractivity contribution in [2.45, 2.75) is 24.6 Å². The lowest BCUT2D eigenvalue weighted by atomic mass is 10.1. The summed E-state index contributed by atoms with van der Waals surface area (Å²) in [5.74, 6) is -0.635. The van der Waals surface area contributed by atoms with E-state index in [9.17, 15) is 30.6 Å². The van der Waals surface area contributed by atoms with Crippen LogP contribution in [0.25, 0.3) is 22.3 Å². The maximum atomic E-state index is 10.3. The Morgan fingerprint density at radius 2 is 1.55 bits per heavy atom. The van der Waals surface area contributed by atoms with Crippen molar-refractivity contribution in [3.8, 4) is 45.8 Å². The van der Waals surface area contributed by atoms with Crippen molar-refractivity contribution in [1.29, 1.82) is 0 Å². The number of aliphatic hydroxyl groups is 3. The summed E-state index contributed by atoms with van der Waals surface area (Å²) in [6.07, 6.45) is -5.77. The molecule has 0 aliphatic carbocycles. The van der Waals surface area contributed by atoms with Crippen LogP contribution in [0.4, 0.5) is 0 Å². The first-order valence-corrected chi connectivity index (χ1v) is 9.84. The second-order valence-electron chi connectivity index (χ2n) is 7.41. The van der Waals surface area contributed by atoms with E-state index in [0.29, 0.717) is 5.56 Å². The van der Waals surface area contributed by atoms with Crippen LogP contribution in [-0.4, -0.2) is 76.1 Å². The maximum Gasteiger partial charge on any atom is 0.402 e. The molecule has 4 atom stereocenters. The average molecular weight is 463 g/mol. The molecule has 4 rings (SSSR count). The number of aromatic hydroxyl groups is 3. The van der Waals surface area contributed by atoms with E-state index in [4.69, 9.17) is 23.4 Å². The van der Waals surface area contributed by atoms with E-state index in [-0.39, 0.29) is 57.8 Å². The summed E-state index contributed by atoms with van der Waals surface area (Å²) in [6.45, 7) is -0.289. The van der Waals surface area contributed by atoms with Crippen molar-refractivity contribution in [2.24, 2.45) is 0 Å². The Kier molecular flexibility index (Phi) is 6.04. The summed E-state index contributed by atoms with van der Waals surface area (Å²) >= 11 is 0. The fourth-order valence-electron chi connectivity index (χ4n) is 3.51. The number of aliphatic hydroxyl groups excluding tert-OH is 3. The van der Waals surface area contributed by atoms with Crippen molar-refractivity contribution in [3.63, 3.8) is 0 Å². The predicted octanol–water partition coefficient (Wildman–Crippen LogP) is 1.33. The highest BCUT2D eigenvalue weighted by Crippen LogP contribution is 2.45. The number of ether oxygens (including phenoxy) is 4. The van der Waals surface area contributed by atoms with Gasteiger partial charge in [-0.05, 0) is 0 Å². The summed E-state index contributed by atoms with van der Waals surface area (Å²) in [6, 6.07) is 6.66. The van der Waals surface area contributed by atoms with Gasteiger partial charge >= 0.3 is 11.3 Å². The smallest absolute Gasteiger partial charge is 0.402 e. The van der Waals surface area contributed by atoms with Gasteiger partial charge in [0.05, 0.1) is 32.5 Å². The van der Waals surface area contributed by atoms with Gasteiger partial charge in [0.25, 0.3) is 0 Å². The normalized spacial score (nSPS) is 22.8. The highest BCUT2D eigenvalue weighted by atomic mass is 16.7. The average Bonchev–Trinajstić information content (AvgIpc) is 2.79. The Hall–Kier alpha value is -3.51. The van der Waals surface area contributed by atoms with Gasteiger partial charge in [-0.1, -0.05) is 0 Å². The highest BCUT2D eigenvalue weighted by molar-refractivity contribution is 5.88. The van der Waals surface area contributed by atoms with Crippen LogP contribution in [0.15, 0.2) is 34.7 Å². The number of hydrogen-bond donors (Lipinski definition) is 6. The van der Waals surface area contributed by atoms with E-state index in [2.05, 4.69) is 0 Å². The van der Waals surface area contributed by atoms with E-state index in [1.165, 1.54) is 38.5 Å². The third-order valence-electron chi connectivity index (χ3n) is 5.26. The molecule has 1 aliphatic heterocycles. The third kappa shape index (κ3) is 4.14. The molecule has 3 aromatic rings. The van der Waals surface area contributed by atoms with Gasteiger partial charge in [0.15, 0.2) is 11.5 Å². The van der Waals surface area contributed by atoms with E-state index in [1.807, 2.05) is 0 Å². The summed E-state index contributed by atoms with van der Waals surface area (Å²) in [7, 11) is 2.70. The van der Waals surface area contributed by atoms with Crippen molar-refractivity contribution < 1.29 is 54.0 Å². The third-order valence-corrected chi connectivity index (χ3v) is 5.26. The van der Waals surface area contributed by atoms with Gasteiger partial charge in [-0.2, -0.15) is 0 Å². The quantitative estimate of drug-likeness (QED) is 0.302. The van der Waals surface area contributed by atoms with Gasteiger partial charge in [-0.3, -0.25) is 0 Å². The van der Waals surface area contributed by atoms with Crippen LogP contribution in [-0.2, 0) is 4.74 Å². The molecule has 0 spiro atoms. The summed E-state index contributed by atoms with van der Waals surface area (Å²) in [4.78, 5) is 0. The molecule has 1 saturated heterocycles. The topological polar surface area (TPSA) is 170 Å². The summed E-state index contributed by atoms with van der Waals surface area (Å²) < 4.78 is 27.4. The second kappa shape index (κ2) is 8.79. The SMILES string of the molecule is COc1cc(-c2[o+]c3cc(O)cc(O)c3cc2OC2OC[C@@H](O)[C@@H](O)[C@@H]2O)cc(OC)c1O. The van der Waals surface area contributed by atoms with Crippen LogP contribution in [0, 0.1) is 0 Å². The molecular formula is C22H23O11+. The van der Waals surface area contributed by atoms with Crippen molar-refractivity contribution >= 4 is 11.0 Å². The van der Waals surface area contributed by atoms with Gasteiger partial charge in [0, 0.05) is 24.3 Å². The molecule has 176 valence electrons. The van der Waals surface area contributed by atoms with E-state index in [0.717, 1.165) is 6.07 Å². The molecule has 6 N–H and O–H groups in total. The number of rotatable bonds is 5. The minimum Gasteiger partial charge on any atom is -0.507 e. The number of benzene rings is 2. The molecule has 33 heavy (non-hydrogen) atoms. The Balaban J connectivity index is 1.89. The van der Waals surface area contributed by atoms with Crippen LogP contribution < -0.4 is 14.2 Å². The minimum absolute atomic E-state index is 0.0223. The Morgan fingerprint density at radius 1 is 0.879 bits per heavy atom. The summed E-state index contributed by atoms with van der Waals surface area (Å²) in [5.41, 5.74) is 0.411. The highest BCUT2D eigenvalue weighted by Gasteiger charge is 2.40. The van der Waals surface area contributed by atoms with Gasteiger partial charge in [-0.15, -0.1) is 0 Å². The maximum absolute atomic E-state index is 10.3. The van der Waals surface area contributed by atoms with Crippen molar-refractivity contribution in [2.75, 3.05) is 20.8 Å². The number of phenols is 3. The largest absolute Gasteiger partial charge is 0.507 e. The molecule has 11 heteroatoms. The number of hydrogen-bond acceptors (Lipinski definition) is 10. The standard InChI is InChI=1S/C22H22O11/c1-29-15-3-9(4-16(30-2)19(15)27)21-17(33-22-20(28)18(26)13(25)8-31-22)7-11-12(24)5-10(23)6-14(11)32-21/h3-7,13,18,20,22,25-26,28H,8H2,1-2H3,(H2-,23,24,27)/p+1/t13-,18-,20+,22?/m1/s1. The Morgan fingerprint density at radius 3 is 2.18 bits per heavy atom. The fraction of sp³-hybridized carbons (Fsp3) is 0.318. The first kappa shape index (κ1) is 22.7. The zero-order valence-corrected chi connectivity index (χ0v) is 17.6. The molecule has 2 aromatic carbocycles. The van der Waals surface area contributed by atoms with Gasteiger partial charge in [0.2, 0.25) is 17.8 Å². The first-order chi connectivity index (χ1) is 15.7. The first-order valence-electron chi connectivity index (χ1n) is 9.84. The lowest BCUT2D eigenvalue weighted by molar-refractivity contribution is -0.242. The van der Waals surface area contributed by atoms with Gasteiger partial charge < -0.3 is 49.6 Å². The lowest BCUT2D eigenvalue weighted by Crippen LogP contribution is -2.54. The van der Waals surface area contributed by atoms with Gasteiger partial charge in [-0.25, -0.2) is 4.42 Å². The zero-order valence-electron chi connectivity index (χ0n) is 17.6. The zero-order chi connectivity index (χ0) is 23.9. The van der Waals surface area contributed by atoms with Crippen LogP contribution >= 0.6 is 0 Å². The molecule has 11 nitrogen and oxygen atoms in total. The molecule has 0 saturated carbocycles. The van der Waals surface area contributed by atoms with Crippen LogP contribution in [0.2, 0.25) is 0 Å². The van der Waals surface area contributed by atoms with Crippen LogP contribution in [0.5, 0.6) is 34.5 Å². The van der Waals surface area contributed by atoms with Crippen molar-refractivity contribution in [3.05, 3.63) is 30.3 Å². The predicted molar refractivity (Wildman–Crippen MR) is 113 cm³/mol. The van der Waals surface area contributed by atoms with Crippen LogP contribution in [0.3, 0.4) is 0 Å². The van der Waals surface area contributed by atoms with E-state index < -0.39 is 24.6 Å².